The summed E-state index contributed by atoms with van der Waals surface area (Å²) in [5.41, 5.74) is 4.18. The predicted octanol–water partition coefficient (Wildman–Crippen LogP) is 2.61. The first-order valence-corrected chi connectivity index (χ1v) is 4.55. The van der Waals surface area contributed by atoms with Crippen LogP contribution in [0.3, 0.4) is 0 Å². The first-order chi connectivity index (χ1) is 7.89. The third-order valence-corrected chi connectivity index (χ3v) is 2.20. The van der Waals surface area contributed by atoms with E-state index in [-0.39, 0.29) is 11.6 Å². The fraction of sp³-hybridized carbons (Fsp3) is 0.100. The van der Waals surface area contributed by atoms with Crippen LogP contribution in [-0.2, 0) is 6.18 Å². The average Bonchev–Trinajstić information content (AvgIpc) is 2.63. The summed E-state index contributed by atoms with van der Waals surface area (Å²) in [4.78, 5) is 3.62. The second-order valence-corrected chi connectivity index (χ2v) is 3.32. The van der Waals surface area contributed by atoms with Gasteiger partial charge in [-0.05, 0) is 18.2 Å². The van der Waals surface area contributed by atoms with E-state index >= 15 is 0 Å². The van der Waals surface area contributed by atoms with Gasteiger partial charge in [0.2, 0.25) is 5.95 Å². The van der Waals surface area contributed by atoms with Crippen molar-refractivity contribution < 1.29 is 17.6 Å². The fourth-order valence-corrected chi connectivity index (χ4v) is 1.39. The molecule has 2 rings (SSSR count). The number of hydrogen-bond acceptors (Lipinski definition) is 2. The summed E-state index contributed by atoms with van der Waals surface area (Å²) < 4.78 is 51.9. The third-order valence-electron chi connectivity index (χ3n) is 2.20. The van der Waals surface area contributed by atoms with Crippen molar-refractivity contribution in [3.63, 3.8) is 0 Å². The molecule has 0 saturated carbocycles. The number of nitrogens with two attached hydrogens (primary N) is 1. The minimum atomic E-state index is -4.53. The molecular formula is C10H7F4N3. The molecule has 0 fully saturated rings. The van der Waals surface area contributed by atoms with E-state index in [9.17, 15) is 17.6 Å². The van der Waals surface area contributed by atoms with Gasteiger partial charge in [0.05, 0.1) is 11.3 Å². The topological polar surface area (TPSA) is 43.8 Å². The largest absolute Gasteiger partial charge is 0.416 e. The van der Waals surface area contributed by atoms with Gasteiger partial charge in [-0.25, -0.2) is 9.37 Å². The smallest absolute Gasteiger partial charge is 0.369 e. The molecule has 2 aromatic rings. The summed E-state index contributed by atoms with van der Waals surface area (Å²) in [6.07, 6.45) is -1.97. The number of halogens is 4. The Labute approximate surface area is 93.5 Å². The van der Waals surface area contributed by atoms with E-state index in [1.807, 2.05) is 0 Å². The number of hydrogen-bond donors (Lipinski definition) is 1. The van der Waals surface area contributed by atoms with Gasteiger partial charge < -0.3 is 5.73 Å². The zero-order chi connectivity index (χ0) is 12.6. The van der Waals surface area contributed by atoms with Crippen molar-refractivity contribution in [2.45, 2.75) is 6.18 Å². The Bertz CT molecular complexity index is 545. The van der Waals surface area contributed by atoms with Crippen LogP contribution in [-0.4, -0.2) is 9.55 Å². The van der Waals surface area contributed by atoms with Gasteiger partial charge in [0.25, 0.3) is 0 Å². The lowest BCUT2D eigenvalue weighted by atomic mass is 10.2. The second-order valence-electron chi connectivity index (χ2n) is 3.32. The Hall–Kier alpha value is -2.05. The SMILES string of the molecule is Nc1nccn1-c1cc(C(F)(F)F)ccc1F. The van der Waals surface area contributed by atoms with Crippen LogP contribution in [0.4, 0.5) is 23.5 Å². The van der Waals surface area contributed by atoms with Crippen molar-refractivity contribution in [3.8, 4) is 5.69 Å². The highest BCUT2D eigenvalue weighted by Crippen LogP contribution is 2.31. The minimum absolute atomic E-state index is 0.0803. The summed E-state index contributed by atoms with van der Waals surface area (Å²) in [5.74, 6) is -0.883. The lowest BCUT2D eigenvalue weighted by Gasteiger charge is -2.11. The summed E-state index contributed by atoms with van der Waals surface area (Å²) in [5, 5.41) is 0. The molecule has 0 unspecified atom stereocenters. The predicted molar refractivity (Wildman–Crippen MR) is 52.9 cm³/mol. The van der Waals surface area contributed by atoms with Crippen LogP contribution < -0.4 is 5.73 Å². The van der Waals surface area contributed by atoms with Gasteiger partial charge in [-0.2, -0.15) is 13.2 Å². The maximum Gasteiger partial charge on any atom is 0.416 e. The van der Waals surface area contributed by atoms with Crippen LogP contribution in [0.5, 0.6) is 0 Å². The monoisotopic (exact) mass is 245 g/mol. The van der Waals surface area contributed by atoms with Crippen LogP contribution in [0.15, 0.2) is 30.6 Å². The quantitative estimate of drug-likeness (QED) is 0.785. The molecular weight excluding hydrogens is 238 g/mol. The molecule has 3 nitrogen and oxygen atoms in total. The van der Waals surface area contributed by atoms with E-state index in [0.717, 1.165) is 10.6 Å². The van der Waals surface area contributed by atoms with E-state index < -0.39 is 17.6 Å². The molecule has 1 heterocycles. The van der Waals surface area contributed by atoms with Gasteiger partial charge >= 0.3 is 6.18 Å². The number of nitrogen functional groups attached to an aromatic ring is 1. The zero-order valence-corrected chi connectivity index (χ0v) is 8.37. The average molecular weight is 245 g/mol. The van der Waals surface area contributed by atoms with Gasteiger partial charge in [-0.1, -0.05) is 0 Å². The summed E-state index contributed by atoms with van der Waals surface area (Å²) in [7, 11) is 0. The molecule has 1 aromatic carbocycles. The van der Waals surface area contributed by atoms with Crippen LogP contribution in [0.2, 0.25) is 0 Å². The zero-order valence-electron chi connectivity index (χ0n) is 8.37. The van der Waals surface area contributed by atoms with Crippen molar-refractivity contribution in [2.75, 3.05) is 5.73 Å². The highest BCUT2D eigenvalue weighted by atomic mass is 19.4. The molecule has 7 heteroatoms. The molecule has 17 heavy (non-hydrogen) atoms. The van der Waals surface area contributed by atoms with E-state index in [1.54, 1.807) is 0 Å². The maximum atomic E-state index is 13.4. The van der Waals surface area contributed by atoms with E-state index in [2.05, 4.69) is 4.98 Å². The first kappa shape index (κ1) is 11.4. The Morgan fingerprint density at radius 3 is 2.47 bits per heavy atom. The molecule has 0 spiro atoms. The highest BCUT2D eigenvalue weighted by Gasteiger charge is 2.31. The molecule has 0 amide bonds. The number of nitrogens with zero attached hydrogens (tertiary/aromatic N) is 2. The molecule has 0 radical (unpaired) electrons. The number of anilines is 1. The third kappa shape index (κ3) is 2.08. The van der Waals surface area contributed by atoms with Gasteiger partial charge in [0, 0.05) is 12.4 Å². The van der Waals surface area contributed by atoms with E-state index in [4.69, 9.17) is 5.73 Å². The van der Waals surface area contributed by atoms with Gasteiger partial charge in [0.1, 0.15) is 5.82 Å². The molecule has 1 aromatic heterocycles. The fourth-order valence-electron chi connectivity index (χ4n) is 1.39. The molecule has 0 bridgehead atoms. The van der Waals surface area contributed by atoms with Crippen molar-refractivity contribution >= 4 is 5.95 Å². The Morgan fingerprint density at radius 2 is 1.94 bits per heavy atom. The Balaban J connectivity index is 2.58. The van der Waals surface area contributed by atoms with Crippen LogP contribution >= 0.6 is 0 Å². The number of alkyl halides is 3. The van der Waals surface area contributed by atoms with Gasteiger partial charge in [-0.15, -0.1) is 0 Å². The standard InChI is InChI=1S/C10H7F4N3/c11-7-2-1-6(10(12,13)14)5-8(7)17-4-3-16-9(17)15/h1-5H,(H2,15,16). The number of rotatable bonds is 1. The van der Waals surface area contributed by atoms with Crippen LogP contribution in [0.25, 0.3) is 5.69 Å². The lowest BCUT2D eigenvalue weighted by molar-refractivity contribution is -0.137. The second kappa shape index (κ2) is 3.76. The van der Waals surface area contributed by atoms with Crippen molar-refractivity contribution in [2.24, 2.45) is 0 Å². The summed E-state index contributed by atoms with van der Waals surface area (Å²) >= 11 is 0. The molecule has 0 atom stereocenters. The minimum Gasteiger partial charge on any atom is -0.369 e. The van der Waals surface area contributed by atoms with Crippen molar-refractivity contribution in [1.82, 2.24) is 9.55 Å². The Morgan fingerprint density at radius 1 is 1.24 bits per heavy atom. The molecule has 0 aliphatic rings. The number of benzene rings is 1. The first-order valence-electron chi connectivity index (χ1n) is 4.55. The lowest BCUT2D eigenvalue weighted by Crippen LogP contribution is -2.08. The number of aromatic nitrogens is 2. The molecule has 2 N–H and O–H groups in total. The van der Waals surface area contributed by atoms with Crippen molar-refractivity contribution in [1.29, 1.82) is 0 Å². The summed E-state index contributed by atoms with van der Waals surface area (Å²) in [6.45, 7) is 0. The van der Waals surface area contributed by atoms with Crippen LogP contribution in [0.1, 0.15) is 5.56 Å². The van der Waals surface area contributed by atoms with Crippen LogP contribution in [0, 0.1) is 5.82 Å². The normalized spacial score (nSPS) is 11.8. The molecule has 0 aliphatic carbocycles. The van der Waals surface area contributed by atoms with Gasteiger partial charge in [-0.3, -0.25) is 4.57 Å². The Kier molecular flexibility index (Phi) is 2.53. The molecule has 0 aliphatic heterocycles. The highest BCUT2D eigenvalue weighted by molar-refractivity contribution is 5.43. The molecule has 0 saturated heterocycles. The van der Waals surface area contributed by atoms with Gasteiger partial charge in [0.15, 0.2) is 0 Å². The van der Waals surface area contributed by atoms with E-state index in [1.165, 1.54) is 12.4 Å². The summed E-state index contributed by atoms with van der Waals surface area (Å²) in [6, 6.07) is 2.11. The van der Waals surface area contributed by atoms with Crippen molar-refractivity contribution in [3.05, 3.63) is 42.0 Å². The van der Waals surface area contributed by atoms with E-state index in [0.29, 0.717) is 12.1 Å². The number of imidazole rings is 1. The molecule has 90 valence electrons. The maximum absolute atomic E-state index is 13.4.